The number of fused-ring (bicyclic) bond motifs is 1. The van der Waals surface area contributed by atoms with Crippen LogP contribution in [-0.4, -0.2) is 52.1 Å². The Morgan fingerprint density at radius 2 is 2.02 bits per heavy atom. The molecule has 0 radical (unpaired) electrons. The lowest BCUT2D eigenvalue weighted by Crippen LogP contribution is -2.43. The molecular formula is C32H38ClFN4O3S. The quantitative estimate of drug-likeness (QED) is 0.322. The van der Waals surface area contributed by atoms with Crippen LogP contribution in [0.2, 0.25) is 5.02 Å². The van der Waals surface area contributed by atoms with Crippen molar-refractivity contribution in [1.82, 2.24) is 14.9 Å². The first-order valence-corrected chi connectivity index (χ1v) is 16.0. The Hall–Kier alpha value is -2.75. The lowest BCUT2D eigenvalue weighted by atomic mass is 9.72. The third-order valence-corrected chi connectivity index (χ3v) is 11.2. The van der Waals surface area contributed by atoms with Crippen LogP contribution in [0.3, 0.4) is 0 Å². The van der Waals surface area contributed by atoms with E-state index in [1.807, 2.05) is 11.4 Å². The molecule has 1 saturated carbocycles. The van der Waals surface area contributed by atoms with E-state index in [0.717, 1.165) is 48.7 Å². The molecule has 42 heavy (non-hydrogen) atoms. The van der Waals surface area contributed by atoms with E-state index in [2.05, 4.69) is 35.6 Å². The minimum Gasteiger partial charge on any atom is -0.493 e. The summed E-state index contributed by atoms with van der Waals surface area (Å²) in [6.45, 7) is 10.2. The second-order valence-corrected chi connectivity index (χ2v) is 14.2. The second-order valence-electron chi connectivity index (χ2n) is 12.8. The fraction of sp³-hybridized carbons (Fsp3) is 0.531. The normalized spacial score (nSPS) is 28.9. The fourth-order valence-corrected chi connectivity index (χ4v) is 8.45. The van der Waals surface area contributed by atoms with Crippen molar-refractivity contribution in [1.29, 1.82) is 0 Å². The topological polar surface area (TPSA) is 78.8 Å². The summed E-state index contributed by atoms with van der Waals surface area (Å²) in [5, 5.41) is 12.8. The van der Waals surface area contributed by atoms with Gasteiger partial charge in [0.25, 0.3) is 0 Å². The lowest BCUT2D eigenvalue weighted by molar-refractivity contribution is -0.133. The number of halogens is 2. The zero-order chi connectivity index (χ0) is 29.6. The molecule has 0 bridgehead atoms. The summed E-state index contributed by atoms with van der Waals surface area (Å²) in [4.78, 5) is 26.6. The number of aromatic nitrogens is 2. The van der Waals surface area contributed by atoms with Crippen LogP contribution in [0, 0.1) is 28.5 Å². The van der Waals surface area contributed by atoms with Crippen LogP contribution >= 0.6 is 22.9 Å². The molecule has 2 fully saturated rings. The number of carbonyl (C=O) groups is 1. The van der Waals surface area contributed by atoms with Gasteiger partial charge in [0.2, 0.25) is 11.9 Å². The summed E-state index contributed by atoms with van der Waals surface area (Å²) in [7, 11) is 0. The van der Waals surface area contributed by atoms with Crippen LogP contribution in [0.15, 0.2) is 42.0 Å². The molecule has 0 spiro atoms. The highest BCUT2D eigenvalue weighted by molar-refractivity contribution is 7.10. The van der Waals surface area contributed by atoms with Gasteiger partial charge in [-0.3, -0.25) is 4.79 Å². The van der Waals surface area contributed by atoms with Gasteiger partial charge in [-0.15, -0.1) is 11.3 Å². The van der Waals surface area contributed by atoms with E-state index in [1.54, 1.807) is 29.4 Å². The number of thiophene rings is 1. The van der Waals surface area contributed by atoms with Gasteiger partial charge in [-0.05, 0) is 70.6 Å². The van der Waals surface area contributed by atoms with Gasteiger partial charge in [0.15, 0.2) is 0 Å². The number of ether oxygens (including phenoxy) is 1. The van der Waals surface area contributed by atoms with E-state index in [4.69, 9.17) is 16.3 Å². The van der Waals surface area contributed by atoms with E-state index >= 15 is 0 Å². The number of anilines is 1. The molecule has 3 aliphatic rings. The molecule has 10 heteroatoms. The first kappa shape index (κ1) is 29.3. The van der Waals surface area contributed by atoms with Crippen LogP contribution in [0.1, 0.15) is 62.1 Å². The number of hydrogen-bond acceptors (Lipinski definition) is 7. The van der Waals surface area contributed by atoms with Gasteiger partial charge < -0.3 is 19.6 Å². The maximum absolute atomic E-state index is 15.0. The highest BCUT2D eigenvalue weighted by Crippen LogP contribution is 2.71. The van der Waals surface area contributed by atoms with Gasteiger partial charge >= 0.3 is 0 Å². The summed E-state index contributed by atoms with van der Waals surface area (Å²) in [6.07, 6.45) is 5.72. The molecule has 3 aromatic rings. The minimum absolute atomic E-state index is 0.0445. The maximum atomic E-state index is 15.0. The predicted octanol–water partition coefficient (Wildman–Crippen LogP) is 6.30. The molecule has 1 N–H and O–H groups in total. The van der Waals surface area contributed by atoms with Gasteiger partial charge in [-0.1, -0.05) is 38.4 Å². The molecule has 6 rings (SSSR count). The highest BCUT2D eigenvalue weighted by Gasteiger charge is 2.64. The van der Waals surface area contributed by atoms with Gasteiger partial charge in [0, 0.05) is 24.0 Å². The molecule has 1 saturated heterocycles. The van der Waals surface area contributed by atoms with Crippen molar-refractivity contribution in [2.45, 2.75) is 59.1 Å². The Kier molecular flexibility index (Phi) is 7.96. The predicted molar refractivity (Wildman–Crippen MR) is 162 cm³/mol. The standard InChI is InChI=1S/C32H38ClFN4O3S/c1-20-16-37(30-35-14-22(33)15-36-30)9-6-25(20)32(3)19-31(32,2)8-10-41-23-5-4-21(26(34)13-23)12-29(40)38-17-27(39)24-7-11-42-28(24)18-38/h4-5,7,11,13-15,20,25,27,39H,6,8-10,12,16-19H2,1-3H3/t20-,25?,27?,31+,32+/m0/s1. The van der Waals surface area contributed by atoms with Gasteiger partial charge in [-0.25, -0.2) is 14.4 Å². The molecule has 5 atom stereocenters. The summed E-state index contributed by atoms with van der Waals surface area (Å²) in [6, 6.07) is 6.68. The molecule has 1 aliphatic carbocycles. The van der Waals surface area contributed by atoms with E-state index < -0.39 is 11.9 Å². The number of aliphatic hydroxyl groups is 1. The number of nitrogens with zero attached hydrogens (tertiary/aromatic N) is 4. The van der Waals surface area contributed by atoms with E-state index in [9.17, 15) is 14.3 Å². The molecular weight excluding hydrogens is 575 g/mol. The molecule has 2 unspecified atom stereocenters. The number of piperidine rings is 1. The van der Waals surface area contributed by atoms with E-state index in [1.165, 1.54) is 17.4 Å². The third-order valence-electron chi connectivity index (χ3n) is 10.1. The van der Waals surface area contributed by atoms with Crippen LogP contribution in [0.4, 0.5) is 10.3 Å². The molecule has 224 valence electrons. The van der Waals surface area contributed by atoms with Crippen LogP contribution in [0.5, 0.6) is 5.75 Å². The SMILES string of the molecule is C[C@H]1CN(c2ncc(Cl)cn2)CCC1[C@@]1(C)C[C@@]1(C)CCOc1ccc(CC(=O)N2Cc3sccc3C(O)C2)c(F)c1. The largest absolute Gasteiger partial charge is 0.493 e. The Balaban J connectivity index is 0.993. The average Bonchev–Trinajstić information content (AvgIpc) is 3.26. The zero-order valence-electron chi connectivity index (χ0n) is 24.4. The van der Waals surface area contributed by atoms with Gasteiger partial charge in [0.05, 0.1) is 49.6 Å². The van der Waals surface area contributed by atoms with Crippen molar-refractivity contribution in [3.8, 4) is 5.75 Å². The number of β-amino-alcohol motifs (C(OH)–C–C–N with tert-alkyl or cyclic N) is 1. The van der Waals surface area contributed by atoms with Crippen molar-refractivity contribution in [2.24, 2.45) is 22.7 Å². The summed E-state index contributed by atoms with van der Waals surface area (Å²) in [5.41, 5.74) is 1.65. The number of rotatable bonds is 8. The number of amides is 1. The van der Waals surface area contributed by atoms with Crippen LogP contribution < -0.4 is 9.64 Å². The molecule has 7 nitrogen and oxygen atoms in total. The summed E-state index contributed by atoms with van der Waals surface area (Å²) in [5.74, 6) is 1.70. The van der Waals surface area contributed by atoms with Gasteiger partial charge in [0.1, 0.15) is 11.6 Å². The van der Waals surface area contributed by atoms with Crippen molar-refractivity contribution in [3.05, 3.63) is 68.9 Å². The first-order valence-electron chi connectivity index (χ1n) is 14.7. The zero-order valence-corrected chi connectivity index (χ0v) is 25.9. The molecule has 2 aliphatic heterocycles. The summed E-state index contributed by atoms with van der Waals surface area (Å²) < 4.78 is 21.0. The van der Waals surface area contributed by atoms with Crippen molar-refractivity contribution in [2.75, 3.05) is 31.1 Å². The van der Waals surface area contributed by atoms with Crippen LogP contribution in [-0.2, 0) is 17.8 Å². The van der Waals surface area contributed by atoms with Crippen molar-refractivity contribution < 1.29 is 19.0 Å². The van der Waals surface area contributed by atoms with Crippen LogP contribution in [0.25, 0.3) is 0 Å². The van der Waals surface area contributed by atoms with E-state index in [0.29, 0.717) is 41.3 Å². The second kappa shape index (κ2) is 11.4. The number of carbonyl (C=O) groups excluding carboxylic acids is 1. The number of hydrogen-bond donors (Lipinski definition) is 1. The number of aliphatic hydroxyl groups excluding tert-OH is 1. The highest BCUT2D eigenvalue weighted by atomic mass is 35.5. The average molecular weight is 613 g/mol. The van der Waals surface area contributed by atoms with Gasteiger partial charge in [-0.2, -0.15) is 0 Å². The summed E-state index contributed by atoms with van der Waals surface area (Å²) >= 11 is 7.49. The Bertz CT molecular complexity index is 1450. The van der Waals surface area contributed by atoms with Crippen molar-refractivity contribution in [3.63, 3.8) is 0 Å². The molecule has 2 aromatic heterocycles. The Morgan fingerprint density at radius 1 is 1.24 bits per heavy atom. The molecule has 1 amide bonds. The fourth-order valence-electron chi connectivity index (χ4n) is 7.40. The Morgan fingerprint density at radius 3 is 2.76 bits per heavy atom. The third kappa shape index (κ3) is 5.63. The monoisotopic (exact) mass is 612 g/mol. The molecule has 1 aromatic carbocycles. The lowest BCUT2D eigenvalue weighted by Gasteiger charge is -2.41. The molecule has 4 heterocycles. The Labute approximate surface area is 255 Å². The first-order chi connectivity index (χ1) is 20.1. The van der Waals surface area contributed by atoms with Crippen molar-refractivity contribution >= 4 is 34.8 Å². The van der Waals surface area contributed by atoms with E-state index in [-0.39, 0.29) is 29.7 Å². The number of benzene rings is 1. The smallest absolute Gasteiger partial charge is 0.227 e. The minimum atomic E-state index is -0.695. The maximum Gasteiger partial charge on any atom is 0.227 e.